The number of ether oxygens (including phenoxy) is 2. The molecule has 138 valence electrons. The lowest BCUT2D eigenvalue weighted by Crippen LogP contribution is -2.41. The SMILES string of the molecule is CCOC(=O)c1cc(Cl)cc(C2CCN(C(=O)OC(C)(C)C)CC2)c1. The van der Waals surface area contributed by atoms with E-state index in [1.807, 2.05) is 32.9 Å². The fourth-order valence-corrected chi connectivity index (χ4v) is 3.15. The molecule has 0 radical (unpaired) electrons. The number of hydrogen-bond donors (Lipinski definition) is 0. The maximum Gasteiger partial charge on any atom is 0.410 e. The minimum absolute atomic E-state index is 0.255. The van der Waals surface area contributed by atoms with Crippen LogP contribution in [0.1, 0.15) is 62.4 Å². The first-order valence-corrected chi connectivity index (χ1v) is 9.03. The number of hydrogen-bond acceptors (Lipinski definition) is 4. The van der Waals surface area contributed by atoms with Gasteiger partial charge in [-0.25, -0.2) is 9.59 Å². The fraction of sp³-hybridized carbons (Fsp3) is 0.579. The van der Waals surface area contributed by atoms with Crippen molar-refractivity contribution < 1.29 is 19.1 Å². The van der Waals surface area contributed by atoms with Gasteiger partial charge in [-0.05, 0) is 70.2 Å². The summed E-state index contributed by atoms with van der Waals surface area (Å²) in [5, 5.41) is 0.523. The van der Waals surface area contributed by atoms with E-state index in [4.69, 9.17) is 21.1 Å². The van der Waals surface area contributed by atoms with Crippen LogP contribution in [-0.2, 0) is 9.47 Å². The number of likely N-dealkylation sites (tertiary alicyclic amines) is 1. The van der Waals surface area contributed by atoms with Gasteiger partial charge >= 0.3 is 12.1 Å². The number of amides is 1. The van der Waals surface area contributed by atoms with Crippen LogP contribution in [0.25, 0.3) is 0 Å². The number of carbonyl (C=O) groups is 2. The van der Waals surface area contributed by atoms with Gasteiger partial charge in [-0.1, -0.05) is 11.6 Å². The normalized spacial score (nSPS) is 15.8. The van der Waals surface area contributed by atoms with Gasteiger partial charge in [0.15, 0.2) is 0 Å². The van der Waals surface area contributed by atoms with E-state index >= 15 is 0 Å². The average Bonchev–Trinajstić information content (AvgIpc) is 2.53. The third kappa shape index (κ3) is 5.63. The van der Waals surface area contributed by atoms with Crippen LogP contribution in [0.2, 0.25) is 5.02 Å². The van der Waals surface area contributed by atoms with Crippen molar-refractivity contribution in [2.24, 2.45) is 0 Å². The summed E-state index contributed by atoms with van der Waals surface area (Å²) in [6.07, 6.45) is 1.34. The number of esters is 1. The highest BCUT2D eigenvalue weighted by atomic mass is 35.5. The minimum atomic E-state index is -0.491. The molecule has 0 spiro atoms. The molecule has 5 nitrogen and oxygen atoms in total. The van der Waals surface area contributed by atoms with Crippen molar-refractivity contribution in [2.45, 2.75) is 52.1 Å². The molecule has 25 heavy (non-hydrogen) atoms. The van der Waals surface area contributed by atoms with Crippen molar-refractivity contribution in [1.82, 2.24) is 4.90 Å². The van der Waals surface area contributed by atoms with Crippen LogP contribution in [0.5, 0.6) is 0 Å². The quantitative estimate of drug-likeness (QED) is 0.731. The highest BCUT2D eigenvalue weighted by molar-refractivity contribution is 6.31. The van der Waals surface area contributed by atoms with Gasteiger partial charge in [-0.3, -0.25) is 0 Å². The van der Waals surface area contributed by atoms with Gasteiger partial charge in [0.1, 0.15) is 5.60 Å². The smallest absolute Gasteiger partial charge is 0.410 e. The average molecular weight is 368 g/mol. The van der Waals surface area contributed by atoms with Gasteiger partial charge in [0.2, 0.25) is 0 Å². The largest absolute Gasteiger partial charge is 0.462 e. The second-order valence-corrected chi connectivity index (χ2v) is 7.67. The lowest BCUT2D eigenvalue weighted by atomic mass is 9.88. The molecule has 1 heterocycles. The van der Waals surface area contributed by atoms with Crippen LogP contribution in [-0.4, -0.2) is 42.3 Å². The first-order chi connectivity index (χ1) is 11.7. The van der Waals surface area contributed by atoms with Crippen LogP contribution >= 0.6 is 11.6 Å². The Hall–Kier alpha value is -1.75. The zero-order valence-electron chi connectivity index (χ0n) is 15.3. The maximum absolute atomic E-state index is 12.1. The Kier molecular flexibility index (Phi) is 6.33. The van der Waals surface area contributed by atoms with E-state index in [9.17, 15) is 9.59 Å². The molecule has 1 aromatic rings. The predicted octanol–water partition coefficient (Wildman–Crippen LogP) is 4.63. The number of nitrogens with zero attached hydrogens (tertiary/aromatic N) is 1. The molecule has 0 N–H and O–H groups in total. The van der Waals surface area contributed by atoms with Crippen LogP contribution < -0.4 is 0 Å². The molecule has 2 rings (SSSR count). The molecule has 0 saturated carbocycles. The van der Waals surface area contributed by atoms with Crippen LogP contribution in [0.15, 0.2) is 18.2 Å². The van der Waals surface area contributed by atoms with Gasteiger partial charge in [0.25, 0.3) is 0 Å². The van der Waals surface area contributed by atoms with Gasteiger partial charge in [-0.2, -0.15) is 0 Å². The van der Waals surface area contributed by atoms with E-state index in [2.05, 4.69) is 0 Å². The van der Waals surface area contributed by atoms with Crippen molar-refractivity contribution in [3.63, 3.8) is 0 Å². The van der Waals surface area contributed by atoms with Crippen molar-refractivity contribution in [3.05, 3.63) is 34.3 Å². The van der Waals surface area contributed by atoms with E-state index in [0.29, 0.717) is 30.3 Å². The Labute approximate surface area is 154 Å². The van der Waals surface area contributed by atoms with Crippen molar-refractivity contribution in [2.75, 3.05) is 19.7 Å². The Morgan fingerprint density at radius 3 is 2.40 bits per heavy atom. The molecule has 6 heteroatoms. The second kappa shape index (κ2) is 8.09. The lowest BCUT2D eigenvalue weighted by molar-refractivity contribution is 0.0204. The topological polar surface area (TPSA) is 55.8 Å². The Bertz CT molecular complexity index is 631. The Morgan fingerprint density at radius 1 is 1.20 bits per heavy atom. The molecular formula is C19H26ClNO4. The highest BCUT2D eigenvalue weighted by Gasteiger charge is 2.28. The van der Waals surface area contributed by atoms with E-state index in [1.165, 1.54) is 0 Å². The zero-order chi connectivity index (χ0) is 18.6. The molecule has 0 unspecified atom stereocenters. The molecule has 0 aliphatic carbocycles. The minimum Gasteiger partial charge on any atom is -0.462 e. The molecular weight excluding hydrogens is 342 g/mol. The molecule has 1 amide bonds. The fourth-order valence-electron chi connectivity index (χ4n) is 2.90. The van der Waals surface area contributed by atoms with Crippen LogP contribution in [0, 0.1) is 0 Å². The summed E-state index contributed by atoms with van der Waals surface area (Å²) in [7, 11) is 0. The van der Waals surface area contributed by atoms with Crippen molar-refractivity contribution in [1.29, 1.82) is 0 Å². The van der Waals surface area contributed by atoms with Crippen molar-refractivity contribution in [3.8, 4) is 0 Å². The Morgan fingerprint density at radius 2 is 1.84 bits per heavy atom. The summed E-state index contributed by atoms with van der Waals surface area (Å²) in [6.45, 7) is 8.94. The van der Waals surface area contributed by atoms with Crippen molar-refractivity contribution >= 4 is 23.7 Å². The molecule has 1 fully saturated rings. The molecule has 1 saturated heterocycles. The summed E-state index contributed by atoms with van der Waals surface area (Å²) in [6, 6.07) is 5.36. The molecule has 0 bridgehead atoms. The van der Waals surface area contributed by atoms with Gasteiger partial charge in [-0.15, -0.1) is 0 Å². The van der Waals surface area contributed by atoms with E-state index in [0.717, 1.165) is 18.4 Å². The number of halogens is 1. The number of rotatable bonds is 3. The van der Waals surface area contributed by atoms with E-state index < -0.39 is 5.60 Å². The number of piperidine rings is 1. The second-order valence-electron chi connectivity index (χ2n) is 7.24. The van der Waals surface area contributed by atoms with Gasteiger partial charge < -0.3 is 14.4 Å². The number of benzene rings is 1. The van der Waals surface area contributed by atoms with Crippen LogP contribution in [0.4, 0.5) is 4.79 Å². The summed E-state index contributed by atoms with van der Waals surface area (Å²) in [5.41, 5.74) is 0.994. The lowest BCUT2D eigenvalue weighted by Gasteiger charge is -2.33. The molecule has 0 atom stereocenters. The molecule has 1 aromatic carbocycles. The van der Waals surface area contributed by atoms with Gasteiger partial charge in [0.05, 0.1) is 12.2 Å². The number of carbonyl (C=O) groups excluding carboxylic acids is 2. The van der Waals surface area contributed by atoms with Gasteiger partial charge in [0, 0.05) is 18.1 Å². The molecule has 0 aromatic heterocycles. The third-order valence-electron chi connectivity index (χ3n) is 4.05. The van der Waals surface area contributed by atoms with Crippen LogP contribution in [0.3, 0.4) is 0 Å². The summed E-state index contributed by atoms with van der Waals surface area (Å²) >= 11 is 6.17. The Balaban J connectivity index is 2.03. The summed E-state index contributed by atoms with van der Waals surface area (Å²) in [5.74, 6) is -0.108. The summed E-state index contributed by atoms with van der Waals surface area (Å²) in [4.78, 5) is 25.8. The zero-order valence-corrected chi connectivity index (χ0v) is 16.1. The third-order valence-corrected chi connectivity index (χ3v) is 4.27. The standard InChI is InChI=1S/C19H26ClNO4/c1-5-24-17(22)15-10-14(11-16(20)12-15)13-6-8-21(9-7-13)18(23)25-19(2,3)4/h10-13H,5-9H2,1-4H3. The monoisotopic (exact) mass is 367 g/mol. The predicted molar refractivity (Wildman–Crippen MR) is 97.2 cm³/mol. The maximum atomic E-state index is 12.1. The first-order valence-electron chi connectivity index (χ1n) is 8.65. The van der Waals surface area contributed by atoms with E-state index in [-0.39, 0.29) is 18.0 Å². The molecule has 1 aliphatic rings. The first kappa shape index (κ1) is 19.6. The highest BCUT2D eigenvalue weighted by Crippen LogP contribution is 2.31. The van der Waals surface area contributed by atoms with E-state index in [1.54, 1.807) is 17.9 Å². The summed E-state index contributed by atoms with van der Waals surface area (Å²) < 4.78 is 10.5. The molecule has 1 aliphatic heterocycles.